The Kier molecular flexibility index (Phi) is 13.7. The Labute approximate surface area is 309 Å². The Bertz CT molecular complexity index is 1580. The molecule has 1 aliphatic heterocycles. The molecule has 3 amide bonds. The minimum Gasteiger partial charge on any atom is -0.495 e. The number of carbonyl (C=O) groups is 4. The van der Waals surface area contributed by atoms with Gasteiger partial charge < -0.3 is 24.8 Å². The van der Waals surface area contributed by atoms with Gasteiger partial charge in [-0.15, -0.1) is 11.8 Å². The van der Waals surface area contributed by atoms with Crippen molar-refractivity contribution in [1.29, 1.82) is 0 Å². The van der Waals surface area contributed by atoms with Gasteiger partial charge in [-0.2, -0.15) is 0 Å². The molecule has 0 spiro atoms. The minimum absolute atomic E-state index is 0.0138. The number of nitrogens with one attached hydrogen (secondary N) is 2. The first kappa shape index (κ1) is 41.7. The number of hydrogen-bond acceptors (Lipinski definition) is 9. The van der Waals surface area contributed by atoms with Gasteiger partial charge >= 0.3 is 6.09 Å². The Morgan fingerprint density at radius 1 is 0.922 bits per heavy atom. The Morgan fingerprint density at radius 3 is 2.14 bits per heavy atom. The van der Waals surface area contributed by atoms with Crippen LogP contribution < -0.4 is 20.1 Å². The first-order chi connectivity index (χ1) is 23.8. The van der Waals surface area contributed by atoms with E-state index in [0.717, 1.165) is 37.1 Å². The maximum Gasteiger partial charge on any atom is 0.418 e. The van der Waals surface area contributed by atoms with Crippen LogP contribution in [-0.4, -0.2) is 71.0 Å². The number of unbranched alkanes of at least 4 members (excludes halogenated alkanes) is 1. The lowest BCUT2D eigenvalue weighted by Crippen LogP contribution is -2.57. The standard InChI is InChI=1S/C40H59N3O7S/c1-13-37(4,5)26-18-20-30(28(24-26)38(6,7)14-2)49-23-17-16-22-41-27-19-21-31(48-12)29(25-27)42-34(45)32(33(44)40(10,11)51-15-3)43-35(46)39(8,9)50-36(43)47/h18-21,24-25,32,41H,13-17,22-23H2,1-12H3,(H,42,45). The molecule has 10 nitrogen and oxygen atoms in total. The minimum atomic E-state index is -1.74. The van der Waals surface area contributed by atoms with E-state index in [1.807, 2.05) is 13.0 Å². The van der Waals surface area contributed by atoms with Crippen LogP contribution in [0, 0.1) is 0 Å². The molecule has 3 rings (SSSR count). The highest BCUT2D eigenvalue weighted by Gasteiger charge is 2.55. The van der Waals surface area contributed by atoms with Crippen LogP contribution >= 0.6 is 11.8 Å². The number of Topliss-reactive ketones (excluding diaryl/α,β-unsaturated/α-hetero) is 1. The number of cyclic esters (lactones) is 1. The largest absolute Gasteiger partial charge is 0.495 e. The summed E-state index contributed by atoms with van der Waals surface area (Å²) < 4.78 is 16.0. The zero-order chi connectivity index (χ0) is 38.4. The second-order valence-electron chi connectivity index (χ2n) is 15.3. The van der Waals surface area contributed by atoms with Crippen molar-refractivity contribution in [2.75, 3.05) is 36.6 Å². The van der Waals surface area contributed by atoms with E-state index < -0.39 is 40.1 Å². The summed E-state index contributed by atoms with van der Waals surface area (Å²) in [5, 5.41) is 6.14. The topological polar surface area (TPSA) is 123 Å². The number of rotatable bonds is 19. The summed E-state index contributed by atoms with van der Waals surface area (Å²) >= 11 is 1.32. The lowest BCUT2D eigenvalue weighted by Gasteiger charge is -2.30. The summed E-state index contributed by atoms with van der Waals surface area (Å²) in [6.45, 7) is 22.8. The fourth-order valence-corrected chi connectivity index (χ4v) is 6.76. The molecule has 1 heterocycles. The molecule has 1 unspecified atom stereocenters. The highest BCUT2D eigenvalue weighted by atomic mass is 32.2. The molecule has 0 saturated carbocycles. The number of ketones is 1. The average Bonchev–Trinajstić information content (AvgIpc) is 3.27. The van der Waals surface area contributed by atoms with Crippen LogP contribution in [0.1, 0.15) is 113 Å². The number of methoxy groups -OCH3 is 1. The van der Waals surface area contributed by atoms with Crippen molar-refractivity contribution in [1.82, 2.24) is 4.90 Å². The van der Waals surface area contributed by atoms with Gasteiger partial charge in [-0.05, 0) is 99.8 Å². The van der Waals surface area contributed by atoms with E-state index >= 15 is 0 Å². The van der Waals surface area contributed by atoms with Gasteiger partial charge in [-0.3, -0.25) is 14.4 Å². The van der Waals surface area contributed by atoms with E-state index in [1.54, 1.807) is 26.0 Å². The zero-order valence-corrected chi connectivity index (χ0v) is 33.5. The lowest BCUT2D eigenvalue weighted by molar-refractivity contribution is -0.143. The maximum atomic E-state index is 13.9. The average molecular weight is 726 g/mol. The number of carbonyl (C=O) groups excluding carboxylic acids is 4. The van der Waals surface area contributed by atoms with Crippen molar-refractivity contribution in [3.05, 3.63) is 47.5 Å². The number of thioether (sulfide) groups is 1. The summed E-state index contributed by atoms with van der Waals surface area (Å²) in [7, 11) is 1.47. The summed E-state index contributed by atoms with van der Waals surface area (Å²) in [5.41, 5.74) is 2.14. The van der Waals surface area contributed by atoms with Crippen molar-refractivity contribution >= 4 is 46.8 Å². The highest BCUT2D eigenvalue weighted by Crippen LogP contribution is 2.39. The van der Waals surface area contributed by atoms with Crippen LogP contribution in [0.2, 0.25) is 0 Å². The zero-order valence-electron chi connectivity index (χ0n) is 32.7. The molecule has 2 aromatic rings. The smallest absolute Gasteiger partial charge is 0.418 e. The summed E-state index contributed by atoms with van der Waals surface area (Å²) in [5.74, 6) is -0.304. The number of ether oxygens (including phenoxy) is 3. The molecule has 2 N–H and O–H groups in total. The number of hydrogen-bond donors (Lipinski definition) is 2. The molecule has 0 bridgehead atoms. The lowest BCUT2D eigenvalue weighted by atomic mass is 9.76. The van der Waals surface area contributed by atoms with Crippen molar-refractivity contribution in [3.63, 3.8) is 0 Å². The molecule has 2 aromatic carbocycles. The number of imide groups is 1. The Hall–Kier alpha value is -3.73. The molecule has 0 aromatic heterocycles. The second kappa shape index (κ2) is 16.7. The predicted octanol–water partition coefficient (Wildman–Crippen LogP) is 8.51. The van der Waals surface area contributed by atoms with E-state index in [0.29, 0.717) is 29.6 Å². The molecular weight excluding hydrogens is 667 g/mol. The molecule has 1 atom stereocenters. The molecule has 0 radical (unpaired) electrons. The van der Waals surface area contributed by atoms with Crippen LogP contribution in [0.25, 0.3) is 0 Å². The third-order valence-corrected chi connectivity index (χ3v) is 11.2. The van der Waals surface area contributed by atoms with Crippen LogP contribution in [0.4, 0.5) is 16.2 Å². The molecule has 0 aliphatic carbocycles. The summed E-state index contributed by atoms with van der Waals surface area (Å²) in [6.07, 6.45) is 2.68. The highest BCUT2D eigenvalue weighted by molar-refractivity contribution is 8.01. The van der Waals surface area contributed by atoms with Crippen molar-refractivity contribution in [2.45, 2.75) is 129 Å². The molecule has 51 heavy (non-hydrogen) atoms. The number of anilines is 2. The van der Waals surface area contributed by atoms with Crippen molar-refractivity contribution in [2.24, 2.45) is 0 Å². The van der Waals surface area contributed by atoms with Crippen molar-refractivity contribution < 1.29 is 33.4 Å². The number of amides is 3. The third kappa shape index (κ3) is 9.78. The third-order valence-electron chi connectivity index (χ3n) is 10.00. The van der Waals surface area contributed by atoms with Gasteiger partial charge in [0.05, 0.1) is 24.2 Å². The second-order valence-corrected chi connectivity index (χ2v) is 17.2. The molecule has 11 heteroatoms. The van der Waals surface area contributed by atoms with Crippen molar-refractivity contribution in [3.8, 4) is 11.5 Å². The summed E-state index contributed by atoms with van der Waals surface area (Å²) in [6, 6.07) is 10.1. The molecule has 282 valence electrons. The van der Waals surface area contributed by atoms with Gasteiger partial charge in [0.1, 0.15) is 11.5 Å². The van der Waals surface area contributed by atoms with Gasteiger partial charge in [-0.1, -0.05) is 60.6 Å². The van der Waals surface area contributed by atoms with E-state index in [9.17, 15) is 19.2 Å². The normalized spacial score (nSPS) is 15.3. The summed E-state index contributed by atoms with van der Waals surface area (Å²) in [4.78, 5) is 54.4. The molecule has 1 aliphatic rings. The fraction of sp³-hybridized carbons (Fsp3) is 0.600. The van der Waals surface area contributed by atoms with Crippen LogP contribution in [0.3, 0.4) is 0 Å². The fourth-order valence-electron chi connectivity index (χ4n) is 5.78. The van der Waals surface area contributed by atoms with Crippen LogP contribution in [0.15, 0.2) is 36.4 Å². The molecular formula is C40H59N3O7S. The van der Waals surface area contributed by atoms with Crippen LogP contribution in [-0.2, 0) is 30.0 Å². The molecule has 1 fully saturated rings. The Morgan fingerprint density at radius 2 is 1.57 bits per heavy atom. The van der Waals surface area contributed by atoms with Crippen LogP contribution in [0.5, 0.6) is 11.5 Å². The van der Waals surface area contributed by atoms with Gasteiger partial charge in [0, 0.05) is 17.8 Å². The predicted molar refractivity (Wildman–Crippen MR) is 206 cm³/mol. The van der Waals surface area contributed by atoms with E-state index in [4.69, 9.17) is 14.2 Å². The first-order valence-corrected chi connectivity index (χ1v) is 19.0. The monoisotopic (exact) mass is 725 g/mol. The van der Waals surface area contributed by atoms with Gasteiger partial charge in [0.15, 0.2) is 17.4 Å². The van der Waals surface area contributed by atoms with E-state index in [1.165, 1.54) is 43.8 Å². The maximum absolute atomic E-state index is 13.9. The van der Waals surface area contributed by atoms with E-state index in [-0.39, 0.29) is 16.5 Å². The SMILES string of the molecule is CCSC(C)(C)C(=O)C(C(=O)Nc1cc(NCCCCOc2ccc(C(C)(C)CC)cc2C(C)(C)CC)ccc1OC)N1C(=O)OC(C)(C)C1=O. The number of benzene rings is 2. The van der Waals surface area contributed by atoms with Gasteiger partial charge in [-0.25, -0.2) is 9.69 Å². The van der Waals surface area contributed by atoms with Gasteiger partial charge in [0.2, 0.25) is 0 Å². The van der Waals surface area contributed by atoms with Gasteiger partial charge in [0.25, 0.3) is 11.8 Å². The Balaban J connectivity index is 1.71. The molecule has 1 saturated heterocycles. The first-order valence-electron chi connectivity index (χ1n) is 18.0. The van der Waals surface area contributed by atoms with E-state index in [2.05, 4.69) is 70.4 Å². The number of nitrogens with zero attached hydrogens (tertiary/aromatic N) is 1. The quantitative estimate of drug-likeness (QED) is 0.108.